The highest BCUT2D eigenvalue weighted by Crippen LogP contribution is 2.32. The Morgan fingerprint density at radius 1 is 1.17 bits per heavy atom. The van der Waals surface area contributed by atoms with Crippen molar-refractivity contribution in [2.45, 2.75) is 17.7 Å². The van der Waals surface area contributed by atoms with Crippen molar-refractivity contribution in [1.82, 2.24) is 10.3 Å². The molecular weight excluding hydrogens is 338 g/mol. The number of anilines is 1. The van der Waals surface area contributed by atoms with Crippen LogP contribution in [0.25, 0.3) is 10.2 Å². The third kappa shape index (κ3) is 4.27. The van der Waals surface area contributed by atoms with Gasteiger partial charge in [-0.2, -0.15) is 0 Å². The molecule has 3 aromatic rings. The zero-order chi connectivity index (χ0) is 16.8. The van der Waals surface area contributed by atoms with Gasteiger partial charge in [-0.05, 0) is 36.8 Å². The van der Waals surface area contributed by atoms with E-state index in [1.807, 2.05) is 42.7 Å². The molecule has 4 nitrogen and oxygen atoms in total. The summed E-state index contributed by atoms with van der Waals surface area (Å²) in [5.74, 6) is 0. The van der Waals surface area contributed by atoms with Crippen LogP contribution in [0.2, 0.25) is 0 Å². The number of benzene rings is 2. The standard InChI is InChI=1S/C18H19N3OS2/c1-23-14-10-5-11-15-16(14)20-18(24-15)21-17(22)19-12-6-9-13-7-3-2-4-8-13/h2-5,7-8,10-11H,6,9,12H2,1H3,(H2,19,20,21,22). The number of thiazole rings is 1. The summed E-state index contributed by atoms with van der Waals surface area (Å²) in [5, 5.41) is 6.35. The van der Waals surface area contributed by atoms with Gasteiger partial charge in [-0.15, -0.1) is 11.8 Å². The van der Waals surface area contributed by atoms with Crippen LogP contribution in [0.5, 0.6) is 0 Å². The maximum Gasteiger partial charge on any atom is 0.321 e. The summed E-state index contributed by atoms with van der Waals surface area (Å²) < 4.78 is 1.08. The molecule has 0 unspecified atom stereocenters. The van der Waals surface area contributed by atoms with Gasteiger partial charge in [0, 0.05) is 11.4 Å². The van der Waals surface area contributed by atoms with Crippen LogP contribution >= 0.6 is 23.1 Å². The number of nitrogens with zero attached hydrogens (tertiary/aromatic N) is 1. The molecule has 0 spiro atoms. The minimum atomic E-state index is -0.201. The van der Waals surface area contributed by atoms with E-state index in [4.69, 9.17) is 0 Å². The quantitative estimate of drug-likeness (QED) is 0.493. The molecule has 2 amide bonds. The maximum atomic E-state index is 12.0. The van der Waals surface area contributed by atoms with E-state index in [1.165, 1.54) is 16.9 Å². The third-order valence-corrected chi connectivity index (χ3v) is 5.30. The molecule has 0 aliphatic heterocycles. The van der Waals surface area contributed by atoms with Crippen molar-refractivity contribution >= 4 is 44.5 Å². The molecule has 6 heteroatoms. The number of aromatic nitrogens is 1. The molecule has 0 aliphatic carbocycles. The molecule has 2 aromatic carbocycles. The molecule has 0 bridgehead atoms. The molecule has 0 radical (unpaired) electrons. The molecule has 124 valence electrons. The van der Waals surface area contributed by atoms with Crippen molar-refractivity contribution in [2.75, 3.05) is 18.1 Å². The lowest BCUT2D eigenvalue weighted by molar-refractivity contribution is 0.252. The van der Waals surface area contributed by atoms with Gasteiger partial charge < -0.3 is 5.32 Å². The van der Waals surface area contributed by atoms with E-state index in [1.54, 1.807) is 11.8 Å². The Labute approximate surface area is 149 Å². The van der Waals surface area contributed by atoms with Crippen molar-refractivity contribution in [1.29, 1.82) is 0 Å². The minimum absolute atomic E-state index is 0.201. The molecular formula is C18H19N3OS2. The van der Waals surface area contributed by atoms with E-state index in [-0.39, 0.29) is 6.03 Å². The second-order valence-corrected chi connectivity index (χ2v) is 7.17. The monoisotopic (exact) mass is 357 g/mol. The number of fused-ring (bicyclic) bond motifs is 1. The Morgan fingerprint density at radius 3 is 2.79 bits per heavy atom. The van der Waals surface area contributed by atoms with Gasteiger partial charge >= 0.3 is 6.03 Å². The van der Waals surface area contributed by atoms with Gasteiger partial charge in [-0.1, -0.05) is 47.7 Å². The van der Waals surface area contributed by atoms with E-state index >= 15 is 0 Å². The van der Waals surface area contributed by atoms with Crippen molar-refractivity contribution in [3.05, 3.63) is 54.1 Å². The lowest BCUT2D eigenvalue weighted by Gasteiger charge is -2.05. The van der Waals surface area contributed by atoms with Gasteiger partial charge in [0.25, 0.3) is 0 Å². The van der Waals surface area contributed by atoms with Crippen LogP contribution in [-0.4, -0.2) is 23.8 Å². The molecule has 2 N–H and O–H groups in total. The number of urea groups is 1. The van der Waals surface area contributed by atoms with Crippen LogP contribution in [0.4, 0.5) is 9.93 Å². The minimum Gasteiger partial charge on any atom is -0.338 e. The Balaban J connectivity index is 1.50. The van der Waals surface area contributed by atoms with Gasteiger partial charge in [0.2, 0.25) is 0 Å². The van der Waals surface area contributed by atoms with Gasteiger partial charge in [0.05, 0.1) is 10.2 Å². The van der Waals surface area contributed by atoms with Gasteiger partial charge in [0.1, 0.15) is 0 Å². The fraction of sp³-hybridized carbons (Fsp3) is 0.222. The van der Waals surface area contributed by atoms with Crippen molar-refractivity contribution in [3.8, 4) is 0 Å². The van der Waals surface area contributed by atoms with E-state index in [9.17, 15) is 4.79 Å². The number of carbonyl (C=O) groups is 1. The number of rotatable bonds is 6. The number of para-hydroxylation sites is 1. The largest absolute Gasteiger partial charge is 0.338 e. The van der Waals surface area contributed by atoms with Crippen molar-refractivity contribution in [2.24, 2.45) is 0 Å². The van der Waals surface area contributed by atoms with Crippen LogP contribution in [0.15, 0.2) is 53.4 Å². The van der Waals surface area contributed by atoms with E-state index in [0.29, 0.717) is 11.7 Å². The summed E-state index contributed by atoms with van der Waals surface area (Å²) in [4.78, 5) is 17.6. The Morgan fingerprint density at radius 2 is 2.00 bits per heavy atom. The summed E-state index contributed by atoms with van der Waals surface area (Å²) in [6.07, 6.45) is 3.90. The first kappa shape index (κ1) is 16.8. The number of aryl methyl sites for hydroxylation is 1. The van der Waals surface area contributed by atoms with Gasteiger partial charge in [-0.3, -0.25) is 5.32 Å². The van der Waals surface area contributed by atoms with Gasteiger partial charge in [-0.25, -0.2) is 9.78 Å². The first-order chi connectivity index (χ1) is 11.8. The third-order valence-electron chi connectivity index (χ3n) is 3.59. The summed E-state index contributed by atoms with van der Waals surface area (Å²) in [7, 11) is 0. The van der Waals surface area contributed by atoms with Crippen LogP contribution in [-0.2, 0) is 6.42 Å². The number of hydrogen-bond donors (Lipinski definition) is 2. The normalized spacial score (nSPS) is 10.7. The summed E-state index contributed by atoms with van der Waals surface area (Å²) >= 11 is 3.16. The molecule has 0 saturated heterocycles. The van der Waals surface area contributed by atoms with Crippen molar-refractivity contribution in [3.63, 3.8) is 0 Å². The Bertz CT molecular complexity index is 818. The number of nitrogens with one attached hydrogen (secondary N) is 2. The Kier molecular flexibility index (Phi) is 5.72. The predicted molar refractivity (Wildman–Crippen MR) is 103 cm³/mol. The first-order valence-electron chi connectivity index (χ1n) is 7.78. The lowest BCUT2D eigenvalue weighted by Crippen LogP contribution is -2.29. The van der Waals surface area contributed by atoms with Crippen LogP contribution < -0.4 is 10.6 Å². The lowest BCUT2D eigenvalue weighted by atomic mass is 10.1. The zero-order valence-electron chi connectivity index (χ0n) is 13.4. The first-order valence-corrected chi connectivity index (χ1v) is 9.83. The summed E-state index contributed by atoms with van der Waals surface area (Å²) in [5.41, 5.74) is 2.24. The van der Waals surface area contributed by atoms with Crippen LogP contribution in [0, 0.1) is 0 Å². The second kappa shape index (κ2) is 8.17. The molecule has 0 aliphatic rings. The Hall–Kier alpha value is -2.05. The average molecular weight is 358 g/mol. The molecule has 0 atom stereocenters. The van der Waals surface area contributed by atoms with Crippen LogP contribution in [0.1, 0.15) is 12.0 Å². The van der Waals surface area contributed by atoms with E-state index in [2.05, 4.69) is 27.8 Å². The fourth-order valence-corrected chi connectivity index (χ4v) is 3.94. The number of thioether (sulfide) groups is 1. The summed E-state index contributed by atoms with van der Waals surface area (Å²) in [6.45, 7) is 0.641. The van der Waals surface area contributed by atoms with Crippen LogP contribution in [0.3, 0.4) is 0 Å². The SMILES string of the molecule is CSc1cccc2sc(NC(=O)NCCCc3ccccc3)nc12. The highest BCUT2D eigenvalue weighted by molar-refractivity contribution is 7.98. The molecule has 0 saturated carbocycles. The molecule has 24 heavy (non-hydrogen) atoms. The molecule has 1 aromatic heterocycles. The summed E-state index contributed by atoms with van der Waals surface area (Å²) in [6, 6.07) is 16.2. The predicted octanol–water partition coefficient (Wildman–Crippen LogP) is 4.77. The van der Waals surface area contributed by atoms with Crippen molar-refractivity contribution < 1.29 is 4.79 Å². The smallest absolute Gasteiger partial charge is 0.321 e. The molecule has 1 heterocycles. The topological polar surface area (TPSA) is 54.0 Å². The zero-order valence-corrected chi connectivity index (χ0v) is 15.0. The highest BCUT2D eigenvalue weighted by atomic mass is 32.2. The average Bonchev–Trinajstić information content (AvgIpc) is 3.02. The highest BCUT2D eigenvalue weighted by Gasteiger charge is 2.09. The number of carbonyl (C=O) groups excluding carboxylic acids is 1. The maximum absolute atomic E-state index is 12.0. The van der Waals surface area contributed by atoms with Gasteiger partial charge in [0.15, 0.2) is 5.13 Å². The molecule has 3 rings (SSSR count). The van der Waals surface area contributed by atoms with E-state index < -0.39 is 0 Å². The fourth-order valence-electron chi connectivity index (χ4n) is 2.42. The molecule has 0 fully saturated rings. The number of hydrogen-bond acceptors (Lipinski definition) is 4. The number of amides is 2. The van der Waals surface area contributed by atoms with E-state index in [0.717, 1.165) is 28.0 Å². The second-order valence-electron chi connectivity index (χ2n) is 5.30.